The molecule has 0 bridgehead atoms. The zero-order valence-corrected chi connectivity index (χ0v) is 31.4. The van der Waals surface area contributed by atoms with Crippen molar-refractivity contribution in [1.82, 2.24) is 14.8 Å². The number of nitrogens with zero attached hydrogens (tertiary/aromatic N) is 3. The molecule has 0 unspecified atom stereocenters. The Morgan fingerprint density at radius 3 is 1.54 bits per heavy atom. The van der Waals surface area contributed by atoms with Gasteiger partial charge in [-0.1, -0.05) is 12.2 Å². The first kappa shape index (κ1) is 39.1. The summed E-state index contributed by atoms with van der Waals surface area (Å²) in [6.07, 6.45) is 8.39. The van der Waals surface area contributed by atoms with E-state index in [1.54, 1.807) is 54.7 Å². The van der Waals surface area contributed by atoms with Crippen LogP contribution in [0.2, 0.25) is 0 Å². The van der Waals surface area contributed by atoms with Crippen LogP contribution in [-0.4, -0.2) is 113 Å². The van der Waals surface area contributed by atoms with Crippen LogP contribution in [0.5, 0.6) is 34.5 Å². The largest absolute Gasteiger partial charge is 0.493 e. The highest BCUT2D eigenvalue weighted by Gasteiger charge is 2.74. The summed E-state index contributed by atoms with van der Waals surface area (Å²) in [7, 11) is 8.95. The Morgan fingerprint density at radius 1 is 0.625 bits per heavy atom. The topological polar surface area (TPSA) is 180 Å². The van der Waals surface area contributed by atoms with Gasteiger partial charge in [0.15, 0.2) is 23.0 Å². The van der Waals surface area contributed by atoms with Gasteiger partial charge in [0.05, 0.1) is 48.4 Å². The van der Waals surface area contributed by atoms with Crippen molar-refractivity contribution < 1.29 is 66.5 Å². The van der Waals surface area contributed by atoms with E-state index in [1.807, 2.05) is 0 Å². The highest BCUT2D eigenvalue weighted by atomic mass is 16.8. The van der Waals surface area contributed by atoms with Crippen molar-refractivity contribution in [2.24, 2.45) is 0 Å². The van der Waals surface area contributed by atoms with Crippen LogP contribution in [0.25, 0.3) is 17.3 Å². The Kier molecular flexibility index (Phi) is 11.5. The maximum Gasteiger partial charge on any atom is 0.420 e. The second kappa shape index (κ2) is 16.4. The van der Waals surface area contributed by atoms with E-state index in [9.17, 15) is 19.2 Å². The Bertz CT molecular complexity index is 2020. The van der Waals surface area contributed by atoms with Crippen LogP contribution in [0.3, 0.4) is 0 Å². The number of benzene rings is 2. The number of carbonyl (C=O) groups excluding carboxylic acids is 4. The predicted molar refractivity (Wildman–Crippen MR) is 195 cm³/mol. The molecule has 3 aliphatic heterocycles. The highest BCUT2D eigenvalue weighted by molar-refractivity contribution is 5.95. The SMILES string of the molecule is COc1cc(/C=C/CN2CCN(Cc3ccnc(-c4cc(OC)c(OC)c(OC)c4)c3)C3(OC(=O)C=CC(=O)O3)C23OC(=O)C=CC(=O)O3)cc(OC)c1OC. The lowest BCUT2D eigenvalue weighted by molar-refractivity contribution is -0.463. The van der Waals surface area contributed by atoms with Crippen LogP contribution >= 0.6 is 0 Å². The van der Waals surface area contributed by atoms with Crippen molar-refractivity contribution in [1.29, 1.82) is 0 Å². The van der Waals surface area contributed by atoms with Crippen LogP contribution < -0.4 is 28.4 Å². The minimum absolute atomic E-state index is 0.0324. The van der Waals surface area contributed by atoms with E-state index in [0.29, 0.717) is 56.9 Å². The number of hydrogen-bond donors (Lipinski definition) is 0. The zero-order chi connectivity index (χ0) is 40.0. The van der Waals surface area contributed by atoms with Crippen LogP contribution in [-0.2, 0) is 44.7 Å². The third-order valence-corrected chi connectivity index (χ3v) is 9.02. The van der Waals surface area contributed by atoms with Crippen molar-refractivity contribution in [3.63, 3.8) is 0 Å². The van der Waals surface area contributed by atoms with Gasteiger partial charge in [-0.2, -0.15) is 0 Å². The minimum Gasteiger partial charge on any atom is -0.493 e. The normalized spacial score (nSPS) is 17.8. The Balaban J connectivity index is 1.42. The molecule has 6 rings (SSSR count). The molecule has 1 saturated heterocycles. The molecular formula is C39H39N3O14. The number of rotatable bonds is 12. The number of carbonyl (C=O) groups is 4. The fourth-order valence-corrected chi connectivity index (χ4v) is 6.53. The average Bonchev–Trinajstić information content (AvgIpc) is 3.46. The van der Waals surface area contributed by atoms with Crippen LogP contribution in [0.1, 0.15) is 11.1 Å². The molecule has 2 spiro atoms. The van der Waals surface area contributed by atoms with E-state index in [4.69, 9.17) is 47.4 Å². The number of piperazine rings is 1. The van der Waals surface area contributed by atoms with Gasteiger partial charge < -0.3 is 47.4 Å². The predicted octanol–water partition coefficient (Wildman–Crippen LogP) is 3.25. The van der Waals surface area contributed by atoms with Crippen LogP contribution in [0.4, 0.5) is 0 Å². The third-order valence-electron chi connectivity index (χ3n) is 9.02. The van der Waals surface area contributed by atoms with E-state index < -0.39 is 35.7 Å². The second-order valence-electron chi connectivity index (χ2n) is 12.2. The number of fused-ring (bicyclic) bond motifs is 1. The van der Waals surface area contributed by atoms with Gasteiger partial charge in [0.1, 0.15) is 0 Å². The Hall–Kier alpha value is -6.59. The lowest BCUT2D eigenvalue weighted by Crippen LogP contribution is -2.80. The van der Waals surface area contributed by atoms with Gasteiger partial charge in [0, 0.05) is 62.2 Å². The fourth-order valence-electron chi connectivity index (χ4n) is 6.53. The van der Waals surface area contributed by atoms with E-state index in [0.717, 1.165) is 24.3 Å². The smallest absolute Gasteiger partial charge is 0.420 e. The van der Waals surface area contributed by atoms with E-state index >= 15 is 0 Å². The molecule has 2 aromatic carbocycles. The van der Waals surface area contributed by atoms with Crippen LogP contribution in [0, 0.1) is 0 Å². The fraction of sp³-hybridized carbons (Fsp3) is 0.308. The number of hydrogen-bond acceptors (Lipinski definition) is 17. The van der Waals surface area contributed by atoms with E-state index in [2.05, 4.69) is 4.98 Å². The van der Waals surface area contributed by atoms with Crippen molar-refractivity contribution in [3.8, 4) is 45.8 Å². The quantitative estimate of drug-likeness (QED) is 0.245. The van der Waals surface area contributed by atoms with Gasteiger partial charge in [0.25, 0.3) is 0 Å². The third kappa shape index (κ3) is 7.41. The zero-order valence-electron chi connectivity index (χ0n) is 31.4. The monoisotopic (exact) mass is 773 g/mol. The summed E-state index contributed by atoms with van der Waals surface area (Å²) in [6, 6.07) is 10.3. The molecule has 17 heteroatoms. The first-order valence-corrected chi connectivity index (χ1v) is 17.0. The molecule has 0 atom stereocenters. The summed E-state index contributed by atoms with van der Waals surface area (Å²) in [5, 5.41) is 0. The van der Waals surface area contributed by atoms with E-state index in [1.165, 1.54) is 52.5 Å². The van der Waals surface area contributed by atoms with Crippen LogP contribution in [0.15, 0.2) is 73.0 Å². The van der Waals surface area contributed by atoms with Gasteiger partial charge in [-0.05, 0) is 47.5 Å². The summed E-state index contributed by atoms with van der Waals surface area (Å²) in [5.41, 5.74) is 2.33. The number of pyridine rings is 1. The average molecular weight is 774 g/mol. The van der Waals surface area contributed by atoms with Crippen molar-refractivity contribution in [2.75, 3.05) is 62.3 Å². The molecule has 0 aliphatic carbocycles. The number of ether oxygens (including phenoxy) is 10. The summed E-state index contributed by atoms with van der Waals surface area (Å²) in [6.45, 7) is -0.115. The molecular weight excluding hydrogens is 734 g/mol. The van der Waals surface area contributed by atoms with E-state index in [-0.39, 0.29) is 26.2 Å². The van der Waals surface area contributed by atoms with Gasteiger partial charge in [-0.15, -0.1) is 0 Å². The molecule has 3 aliphatic rings. The molecule has 294 valence electrons. The number of methoxy groups -OCH3 is 6. The Labute approximate surface area is 321 Å². The molecule has 0 saturated carbocycles. The van der Waals surface area contributed by atoms with Crippen molar-refractivity contribution in [2.45, 2.75) is 18.4 Å². The van der Waals surface area contributed by atoms with Gasteiger partial charge in [-0.25, -0.2) is 29.0 Å². The molecule has 0 N–H and O–H groups in total. The second-order valence-corrected chi connectivity index (χ2v) is 12.2. The molecule has 1 aromatic heterocycles. The van der Waals surface area contributed by atoms with Crippen molar-refractivity contribution in [3.05, 3.63) is 84.1 Å². The summed E-state index contributed by atoms with van der Waals surface area (Å²) in [4.78, 5) is 60.5. The first-order valence-electron chi connectivity index (χ1n) is 17.0. The lowest BCUT2D eigenvalue weighted by atomic mass is 10.1. The molecule has 17 nitrogen and oxygen atoms in total. The molecule has 1 fully saturated rings. The molecule has 56 heavy (non-hydrogen) atoms. The maximum atomic E-state index is 13.3. The van der Waals surface area contributed by atoms with Gasteiger partial charge in [-0.3, -0.25) is 4.98 Å². The summed E-state index contributed by atoms with van der Waals surface area (Å²) < 4.78 is 56.5. The lowest BCUT2D eigenvalue weighted by Gasteiger charge is -2.55. The van der Waals surface area contributed by atoms with Gasteiger partial charge >= 0.3 is 35.7 Å². The summed E-state index contributed by atoms with van der Waals surface area (Å²) in [5.74, 6) is -7.06. The number of aromatic nitrogens is 1. The first-order chi connectivity index (χ1) is 27.0. The number of esters is 4. The molecule has 4 heterocycles. The summed E-state index contributed by atoms with van der Waals surface area (Å²) >= 11 is 0. The minimum atomic E-state index is -2.67. The standard InChI is InChI=1S/C39H39N3O14/c1-47-28-19-24(20-29(48-2)36(28)51-5)8-7-15-41-16-17-42(23-25-13-14-40-27(18-25)26-21-30(49-3)37(52-6)31(22-26)50-4)39(55-34(45)11-12-35(46)56-39)38(41)53-32(43)9-10-33(44)54-38/h7-14,18-22H,15-17,23H2,1-6H3/b8-7+. The molecule has 0 amide bonds. The molecule has 3 aromatic rings. The Morgan fingerprint density at radius 2 is 1.07 bits per heavy atom. The van der Waals surface area contributed by atoms with Gasteiger partial charge in [0.2, 0.25) is 11.5 Å². The van der Waals surface area contributed by atoms with Crippen molar-refractivity contribution >= 4 is 30.0 Å². The highest BCUT2D eigenvalue weighted by Crippen LogP contribution is 2.46. The maximum absolute atomic E-state index is 13.3. The molecule has 0 radical (unpaired) electrons.